The van der Waals surface area contributed by atoms with Gasteiger partial charge >= 0.3 is 0 Å². The third-order valence-electron chi connectivity index (χ3n) is 5.02. The first-order valence-corrected chi connectivity index (χ1v) is 10.2. The zero-order valence-corrected chi connectivity index (χ0v) is 17.9. The average molecular weight is 443 g/mol. The molecule has 31 heavy (non-hydrogen) atoms. The van der Waals surface area contributed by atoms with E-state index in [0.717, 1.165) is 5.56 Å². The fourth-order valence-electron chi connectivity index (χ4n) is 3.20. The molecule has 0 radical (unpaired) electrons. The summed E-state index contributed by atoms with van der Waals surface area (Å²) in [6.07, 6.45) is 2.34. The van der Waals surface area contributed by atoms with Crippen molar-refractivity contribution < 1.29 is 18.4 Å². The van der Waals surface area contributed by atoms with Crippen LogP contribution in [0.3, 0.4) is 0 Å². The largest absolute Gasteiger partial charge is 0.313 e. The molecule has 0 N–H and O–H groups in total. The number of carbonyl (C=O) groups excluding carboxylic acids is 2. The maximum absolute atomic E-state index is 14.6. The lowest BCUT2D eigenvalue weighted by Gasteiger charge is -2.18. The van der Waals surface area contributed by atoms with Crippen molar-refractivity contribution in [3.8, 4) is 11.1 Å². The van der Waals surface area contributed by atoms with Crippen molar-refractivity contribution in [1.82, 2.24) is 4.98 Å². The molecule has 160 valence electrons. The summed E-state index contributed by atoms with van der Waals surface area (Å²) in [5.74, 6) is -1.40. The van der Waals surface area contributed by atoms with E-state index in [1.54, 1.807) is 37.3 Å². The number of Topliss-reactive ketones (excluding diaryl/α,β-unsaturated/α-hetero) is 1. The quantitative estimate of drug-likeness (QED) is 0.339. The Labute approximate surface area is 184 Å². The minimum Gasteiger partial charge on any atom is -0.313 e. The number of anilines is 1. The first-order chi connectivity index (χ1) is 14.8. The van der Waals surface area contributed by atoms with E-state index in [1.807, 2.05) is 0 Å². The highest BCUT2D eigenvalue weighted by Gasteiger charge is 2.16. The van der Waals surface area contributed by atoms with Gasteiger partial charge in [-0.2, -0.15) is 4.39 Å². The summed E-state index contributed by atoms with van der Waals surface area (Å²) in [7, 11) is 1.53. The number of aryl methyl sites for hydroxylation is 1. The van der Waals surface area contributed by atoms with Crippen molar-refractivity contribution in [3.63, 3.8) is 0 Å². The third kappa shape index (κ3) is 5.33. The van der Waals surface area contributed by atoms with E-state index >= 15 is 0 Å². The molecule has 1 heterocycles. The Morgan fingerprint density at radius 3 is 2.45 bits per heavy atom. The number of ketones is 1. The molecule has 0 aliphatic carbocycles. The third-order valence-corrected chi connectivity index (χ3v) is 5.33. The molecule has 3 aromatic rings. The monoisotopic (exact) mass is 442 g/mol. The summed E-state index contributed by atoms with van der Waals surface area (Å²) < 4.78 is 27.5. The lowest BCUT2D eigenvalue weighted by atomic mass is 9.99. The van der Waals surface area contributed by atoms with Crippen molar-refractivity contribution in [2.75, 3.05) is 11.9 Å². The number of halogens is 3. The Hall–Kier alpha value is -3.12. The molecule has 0 aliphatic rings. The van der Waals surface area contributed by atoms with Crippen LogP contribution in [0.25, 0.3) is 11.1 Å². The number of aromatic nitrogens is 1. The normalized spacial score (nSPS) is 10.7. The van der Waals surface area contributed by atoms with Crippen molar-refractivity contribution in [2.45, 2.75) is 26.2 Å². The fourth-order valence-corrected chi connectivity index (χ4v) is 3.49. The second kappa shape index (κ2) is 9.79. The van der Waals surface area contributed by atoms with Crippen LogP contribution >= 0.6 is 11.6 Å². The van der Waals surface area contributed by atoms with E-state index in [4.69, 9.17) is 11.6 Å². The van der Waals surface area contributed by atoms with Gasteiger partial charge in [0, 0.05) is 42.2 Å². The van der Waals surface area contributed by atoms with Crippen molar-refractivity contribution >= 4 is 29.0 Å². The molecule has 4 nitrogen and oxygen atoms in total. The summed E-state index contributed by atoms with van der Waals surface area (Å²) in [4.78, 5) is 29.2. The highest BCUT2D eigenvalue weighted by Crippen LogP contribution is 2.32. The molecule has 0 saturated heterocycles. The van der Waals surface area contributed by atoms with E-state index in [-0.39, 0.29) is 30.2 Å². The number of benzene rings is 2. The molecule has 0 bridgehead atoms. The maximum Gasteiger partial charge on any atom is 0.226 e. The van der Waals surface area contributed by atoms with Crippen LogP contribution < -0.4 is 4.90 Å². The zero-order chi connectivity index (χ0) is 22.5. The van der Waals surface area contributed by atoms with Crippen molar-refractivity contribution in [1.29, 1.82) is 0 Å². The molecular formula is C24H21ClF2N2O2. The molecular weight excluding hydrogens is 422 g/mol. The van der Waals surface area contributed by atoms with Gasteiger partial charge in [0.1, 0.15) is 5.82 Å². The smallest absolute Gasteiger partial charge is 0.226 e. The lowest BCUT2D eigenvalue weighted by molar-refractivity contribution is -0.118. The summed E-state index contributed by atoms with van der Waals surface area (Å²) in [5.41, 5.74) is 2.51. The van der Waals surface area contributed by atoms with E-state index in [1.165, 1.54) is 36.3 Å². The topological polar surface area (TPSA) is 50.3 Å². The zero-order valence-electron chi connectivity index (χ0n) is 17.2. The Morgan fingerprint density at radius 1 is 1.06 bits per heavy atom. The van der Waals surface area contributed by atoms with Gasteiger partial charge in [0.05, 0.1) is 5.69 Å². The number of nitrogens with zero attached hydrogens (tertiary/aromatic N) is 2. The van der Waals surface area contributed by atoms with Gasteiger partial charge < -0.3 is 4.90 Å². The van der Waals surface area contributed by atoms with Gasteiger partial charge in [-0.3, -0.25) is 9.59 Å². The summed E-state index contributed by atoms with van der Waals surface area (Å²) in [5, 5.41) is 0.319. The molecule has 0 saturated carbocycles. The molecule has 7 heteroatoms. The molecule has 0 aliphatic heterocycles. The minimum atomic E-state index is -0.564. The highest BCUT2D eigenvalue weighted by molar-refractivity contribution is 6.33. The second-order valence-electron chi connectivity index (χ2n) is 7.08. The summed E-state index contributed by atoms with van der Waals surface area (Å²) >= 11 is 6.38. The van der Waals surface area contributed by atoms with Gasteiger partial charge in [-0.05, 0) is 41.8 Å². The van der Waals surface area contributed by atoms with Gasteiger partial charge in [0.2, 0.25) is 11.9 Å². The van der Waals surface area contributed by atoms with Crippen LogP contribution in [0.2, 0.25) is 5.02 Å². The standard InChI is InChI=1S/C24H21ClF2N2O2/c1-3-24(31)29(2)21-9-7-16(13-20(21)26)18-8-6-17(12-19(18)25)22(30)10-4-15-5-11-23(27)28-14-15/h5-9,11-14H,3-4,10H2,1-2H3. The number of amides is 1. The number of pyridine rings is 1. The van der Waals surface area contributed by atoms with Crippen molar-refractivity contribution in [2.24, 2.45) is 0 Å². The Bertz CT molecular complexity index is 1120. The minimum absolute atomic E-state index is 0.112. The summed E-state index contributed by atoms with van der Waals surface area (Å²) in [6, 6.07) is 12.3. The molecule has 3 rings (SSSR count). The SMILES string of the molecule is CCC(=O)N(C)c1ccc(-c2ccc(C(=O)CCc3ccc(F)nc3)cc2Cl)cc1F. The highest BCUT2D eigenvalue weighted by atomic mass is 35.5. The van der Waals surface area contributed by atoms with Gasteiger partial charge in [-0.25, -0.2) is 9.37 Å². The van der Waals surface area contributed by atoms with Gasteiger partial charge in [0.15, 0.2) is 5.78 Å². The van der Waals surface area contributed by atoms with Crippen LogP contribution in [0.5, 0.6) is 0 Å². The number of carbonyl (C=O) groups is 2. The summed E-state index contributed by atoms with van der Waals surface area (Å²) in [6.45, 7) is 1.71. The Kier molecular flexibility index (Phi) is 7.13. The first kappa shape index (κ1) is 22.6. The van der Waals surface area contributed by atoms with Gasteiger partial charge in [0.25, 0.3) is 0 Å². The molecule has 0 atom stereocenters. The predicted octanol–water partition coefficient (Wildman–Crippen LogP) is 5.87. The van der Waals surface area contributed by atoms with Crippen LogP contribution in [0.4, 0.5) is 14.5 Å². The van der Waals surface area contributed by atoms with E-state index in [9.17, 15) is 18.4 Å². The molecule has 2 aromatic carbocycles. The van der Waals surface area contributed by atoms with E-state index in [0.29, 0.717) is 28.1 Å². The second-order valence-corrected chi connectivity index (χ2v) is 7.49. The lowest BCUT2D eigenvalue weighted by Crippen LogP contribution is -2.25. The van der Waals surface area contributed by atoms with E-state index < -0.39 is 11.8 Å². The maximum atomic E-state index is 14.6. The Balaban J connectivity index is 1.75. The predicted molar refractivity (Wildman–Crippen MR) is 117 cm³/mol. The number of hydrogen-bond acceptors (Lipinski definition) is 3. The molecule has 0 unspecified atom stereocenters. The van der Waals surface area contributed by atoms with Crippen LogP contribution in [0.1, 0.15) is 35.7 Å². The fraction of sp³-hybridized carbons (Fsp3) is 0.208. The van der Waals surface area contributed by atoms with Crippen LogP contribution in [-0.2, 0) is 11.2 Å². The van der Waals surface area contributed by atoms with Crippen LogP contribution in [-0.4, -0.2) is 23.7 Å². The van der Waals surface area contributed by atoms with Gasteiger partial charge in [-0.1, -0.05) is 42.8 Å². The molecule has 0 spiro atoms. The molecule has 1 amide bonds. The number of rotatable bonds is 7. The van der Waals surface area contributed by atoms with Crippen molar-refractivity contribution in [3.05, 3.63) is 82.6 Å². The average Bonchev–Trinajstić information content (AvgIpc) is 2.77. The molecule has 1 aromatic heterocycles. The first-order valence-electron chi connectivity index (χ1n) is 9.79. The number of hydrogen-bond donors (Lipinski definition) is 0. The Morgan fingerprint density at radius 2 is 1.84 bits per heavy atom. The van der Waals surface area contributed by atoms with Crippen LogP contribution in [0, 0.1) is 11.8 Å². The van der Waals surface area contributed by atoms with Gasteiger partial charge in [-0.15, -0.1) is 0 Å². The molecule has 0 fully saturated rings. The van der Waals surface area contributed by atoms with Crippen LogP contribution in [0.15, 0.2) is 54.7 Å². The van der Waals surface area contributed by atoms with E-state index in [2.05, 4.69) is 4.98 Å².